The summed E-state index contributed by atoms with van der Waals surface area (Å²) >= 11 is 1.49. The summed E-state index contributed by atoms with van der Waals surface area (Å²) in [5.41, 5.74) is 3.70. The lowest BCUT2D eigenvalue weighted by Crippen LogP contribution is -2.50. The molecule has 1 N–H and O–H groups in total. The number of nitrogens with zero attached hydrogens (tertiary/aromatic N) is 3. The summed E-state index contributed by atoms with van der Waals surface area (Å²) in [7, 11) is 1.61. The highest BCUT2D eigenvalue weighted by Gasteiger charge is 2.34. The molecule has 0 fully saturated rings. The van der Waals surface area contributed by atoms with Crippen molar-refractivity contribution < 1.29 is 14.3 Å². The Bertz CT molecular complexity index is 1420. The Morgan fingerprint density at radius 3 is 2.63 bits per heavy atom. The number of para-hydroxylation sites is 1. The molecule has 2 aliphatic rings. The summed E-state index contributed by atoms with van der Waals surface area (Å²) in [6.45, 7) is 4.50. The van der Waals surface area contributed by atoms with Gasteiger partial charge in [0.25, 0.3) is 5.91 Å². The van der Waals surface area contributed by atoms with E-state index in [1.165, 1.54) is 17.3 Å². The summed E-state index contributed by atoms with van der Waals surface area (Å²) in [6.07, 6.45) is -0.522. The zero-order chi connectivity index (χ0) is 24.4. The van der Waals surface area contributed by atoms with Crippen LogP contribution >= 0.6 is 11.8 Å². The number of amidine groups is 1. The number of methoxy groups -OCH3 is 1. The van der Waals surface area contributed by atoms with Crippen molar-refractivity contribution in [3.63, 3.8) is 0 Å². The molecule has 0 saturated heterocycles. The molecule has 0 radical (unpaired) electrons. The van der Waals surface area contributed by atoms with Crippen LogP contribution in [0, 0.1) is 6.92 Å². The quantitative estimate of drug-likeness (QED) is 0.578. The number of thioether (sulfide) groups is 1. The van der Waals surface area contributed by atoms with Gasteiger partial charge >= 0.3 is 0 Å². The van der Waals surface area contributed by atoms with E-state index >= 15 is 0 Å². The van der Waals surface area contributed by atoms with E-state index in [2.05, 4.69) is 36.5 Å². The van der Waals surface area contributed by atoms with Crippen molar-refractivity contribution in [1.82, 2.24) is 10.3 Å². The summed E-state index contributed by atoms with van der Waals surface area (Å²) in [5, 5.41) is 11.6. The van der Waals surface area contributed by atoms with E-state index in [9.17, 15) is 4.79 Å². The van der Waals surface area contributed by atoms with Crippen molar-refractivity contribution >= 4 is 28.5 Å². The van der Waals surface area contributed by atoms with Gasteiger partial charge in [-0.1, -0.05) is 65.9 Å². The predicted molar refractivity (Wildman–Crippen MR) is 137 cm³/mol. The minimum Gasteiger partial charge on any atom is -0.493 e. The number of hydrogen-bond acceptors (Lipinski definition) is 7. The molecule has 1 amide bonds. The number of amides is 1. The van der Waals surface area contributed by atoms with Gasteiger partial charge in [0.2, 0.25) is 0 Å². The van der Waals surface area contributed by atoms with Crippen LogP contribution < -0.4 is 25.4 Å². The molecule has 3 aromatic rings. The molecule has 8 heteroatoms. The van der Waals surface area contributed by atoms with Gasteiger partial charge in [0.1, 0.15) is 5.70 Å². The number of hydrogen-bond donors (Lipinski definition) is 1. The van der Waals surface area contributed by atoms with E-state index in [1.54, 1.807) is 12.1 Å². The molecule has 2 aliphatic heterocycles. The number of ether oxygens (including phenoxy) is 2. The van der Waals surface area contributed by atoms with Gasteiger partial charge in [-0.15, -0.1) is 5.10 Å². The summed E-state index contributed by atoms with van der Waals surface area (Å²) in [4.78, 5) is 18.3. The standard InChI is InChI=1S/C27H26N4O3S/c1-4-34-23-15-19(13-14-22(23)33-3)25-28-21-8-6-5-7-20(21)24-26(32)29-27(30-31(24)25)35-16-18-11-9-17(2)10-12-18/h5-15,25H,4,16H2,1-3H3,(H,29,30,32)/t25-/m1/s1. The zero-order valence-electron chi connectivity index (χ0n) is 19.8. The Labute approximate surface area is 208 Å². The van der Waals surface area contributed by atoms with Gasteiger partial charge in [-0.2, -0.15) is 0 Å². The maximum absolute atomic E-state index is 13.3. The molecule has 5 rings (SSSR count). The van der Waals surface area contributed by atoms with Gasteiger partial charge in [-0.25, -0.2) is 5.01 Å². The van der Waals surface area contributed by atoms with Gasteiger partial charge in [0.15, 0.2) is 22.8 Å². The second kappa shape index (κ2) is 9.84. The van der Waals surface area contributed by atoms with Crippen molar-refractivity contribution in [3.05, 3.63) is 94.0 Å². The highest BCUT2D eigenvalue weighted by molar-refractivity contribution is 8.13. The van der Waals surface area contributed by atoms with Crippen LogP contribution in [0.5, 0.6) is 11.5 Å². The summed E-state index contributed by atoms with van der Waals surface area (Å²) in [5.74, 6) is 1.77. The van der Waals surface area contributed by atoms with Gasteiger partial charge in [-0.05, 0) is 37.6 Å². The minimum absolute atomic E-state index is 0.197. The maximum Gasteiger partial charge on any atom is 0.276 e. The predicted octanol–water partition coefficient (Wildman–Crippen LogP) is 3.48. The van der Waals surface area contributed by atoms with Crippen LogP contribution in [0.4, 0.5) is 0 Å². The van der Waals surface area contributed by atoms with E-state index in [4.69, 9.17) is 19.6 Å². The van der Waals surface area contributed by atoms with E-state index in [0.29, 0.717) is 34.7 Å². The maximum atomic E-state index is 13.3. The fourth-order valence-corrected chi connectivity index (χ4v) is 4.87. The number of benzene rings is 3. The molecule has 2 heterocycles. The lowest BCUT2D eigenvalue weighted by Gasteiger charge is -2.34. The molecule has 0 saturated carbocycles. The second-order valence-corrected chi connectivity index (χ2v) is 9.15. The largest absolute Gasteiger partial charge is 0.493 e. The second-order valence-electron chi connectivity index (χ2n) is 8.19. The highest BCUT2D eigenvalue weighted by atomic mass is 32.2. The van der Waals surface area contributed by atoms with Crippen molar-refractivity contribution in [2.75, 3.05) is 13.7 Å². The summed E-state index contributed by atoms with van der Waals surface area (Å²) < 4.78 is 11.2. The number of carbonyl (C=O) groups excluding carboxylic acids is 1. The Kier molecular flexibility index (Phi) is 6.46. The average molecular weight is 487 g/mol. The Morgan fingerprint density at radius 1 is 1.06 bits per heavy atom. The van der Waals surface area contributed by atoms with Crippen molar-refractivity contribution in [1.29, 1.82) is 0 Å². The van der Waals surface area contributed by atoms with Crippen molar-refractivity contribution in [2.45, 2.75) is 25.8 Å². The number of hydrazone groups is 1. The third kappa shape index (κ3) is 4.61. The number of aryl methyl sites for hydroxylation is 1. The molecule has 0 bridgehead atoms. The molecule has 7 nitrogen and oxygen atoms in total. The van der Waals surface area contributed by atoms with Crippen LogP contribution in [-0.2, 0) is 10.5 Å². The van der Waals surface area contributed by atoms with E-state index < -0.39 is 6.17 Å². The molecule has 35 heavy (non-hydrogen) atoms. The molecule has 1 atom stereocenters. The van der Waals surface area contributed by atoms with Crippen LogP contribution in [0.2, 0.25) is 0 Å². The smallest absolute Gasteiger partial charge is 0.276 e. The zero-order valence-corrected chi connectivity index (χ0v) is 20.6. The lowest BCUT2D eigenvalue weighted by molar-refractivity contribution is -0.116. The molecule has 3 aromatic carbocycles. The third-order valence-corrected chi connectivity index (χ3v) is 6.73. The van der Waals surface area contributed by atoms with Crippen LogP contribution in [0.15, 0.2) is 76.8 Å². The van der Waals surface area contributed by atoms with Gasteiger partial charge < -0.3 is 9.47 Å². The Balaban J connectivity index is 1.56. The molecule has 0 spiro atoms. The van der Waals surface area contributed by atoms with Crippen LogP contribution in [-0.4, -0.2) is 29.8 Å². The van der Waals surface area contributed by atoms with Crippen LogP contribution in [0.1, 0.15) is 29.8 Å². The number of carbonyl (C=O) groups is 1. The van der Waals surface area contributed by atoms with Crippen LogP contribution in [0.25, 0.3) is 5.70 Å². The van der Waals surface area contributed by atoms with Gasteiger partial charge in [-0.3, -0.25) is 15.1 Å². The first-order valence-corrected chi connectivity index (χ1v) is 12.4. The monoisotopic (exact) mass is 486 g/mol. The number of fused-ring (bicyclic) bond motifs is 2. The molecule has 0 aliphatic carbocycles. The number of nitrogens with one attached hydrogen (secondary N) is 1. The first kappa shape index (κ1) is 23.0. The minimum atomic E-state index is -0.522. The fourth-order valence-electron chi connectivity index (χ4n) is 4.07. The fraction of sp³-hybridized carbons (Fsp3) is 0.222. The first-order valence-electron chi connectivity index (χ1n) is 11.4. The van der Waals surface area contributed by atoms with Gasteiger partial charge in [0, 0.05) is 16.5 Å². The summed E-state index contributed by atoms with van der Waals surface area (Å²) in [6, 6.07) is 21.7. The third-order valence-electron chi connectivity index (χ3n) is 5.80. The van der Waals surface area contributed by atoms with E-state index in [1.807, 2.05) is 49.4 Å². The highest BCUT2D eigenvalue weighted by Crippen LogP contribution is 2.36. The van der Waals surface area contributed by atoms with E-state index in [-0.39, 0.29) is 5.91 Å². The molecule has 0 unspecified atom stereocenters. The van der Waals surface area contributed by atoms with E-state index in [0.717, 1.165) is 21.7 Å². The Morgan fingerprint density at radius 2 is 1.86 bits per heavy atom. The van der Waals surface area contributed by atoms with Crippen molar-refractivity contribution in [3.8, 4) is 11.5 Å². The topological polar surface area (TPSA) is 75.5 Å². The number of rotatable bonds is 6. The molecule has 0 aromatic heterocycles. The van der Waals surface area contributed by atoms with Gasteiger partial charge in [0.05, 0.1) is 19.1 Å². The Hall–Kier alpha value is -3.78. The molecular formula is C27H26N4O3S. The first-order chi connectivity index (χ1) is 17.1. The molecule has 178 valence electrons. The van der Waals surface area contributed by atoms with Crippen LogP contribution in [0.3, 0.4) is 0 Å². The van der Waals surface area contributed by atoms with Crippen molar-refractivity contribution in [2.24, 2.45) is 10.1 Å². The normalized spacial score (nSPS) is 16.5. The average Bonchev–Trinajstić information content (AvgIpc) is 2.88. The molecular weight excluding hydrogens is 460 g/mol. The SMILES string of the molecule is CCOc1cc([C@@H]2N=c3ccccc3=C3C(=O)NC(SCc4ccc(C)cc4)=NN32)ccc1OC. The lowest BCUT2D eigenvalue weighted by atomic mass is 10.1.